The Kier molecular flexibility index (Phi) is 11.2. The number of carbonyl (C=O) groups excluding carboxylic acids is 3. The van der Waals surface area contributed by atoms with E-state index in [-0.39, 0.29) is 29.9 Å². The predicted molar refractivity (Wildman–Crippen MR) is 170 cm³/mol. The number of thiazole rings is 1. The van der Waals surface area contributed by atoms with Crippen LogP contribution in [0.2, 0.25) is 0 Å². The number of piperidine rings is 1. The number of rotatable bonds is 14. The number of ether oxygens (including phenoxy) is 1. The minimum absolute atomic E-state index is 0.0214. The summed E-state index contributed by atoms with van der Waals surface area (Å²) in [5.41, 5.74) is 11.8. The fourth-order valence-corrected chi connectivity index (χ4v) is 6.51. The topological polar surface area (TPSA) is 162 Å². The molecule has 0 spiro atoms. The highest BCUT2D eigenvalue weighted by atomic mass is 32.1. The third-order valence-electron chi connectivity index (χ3n) is 7.72. The van der Waals surface area contributed by atoms with Gasteiger partial charge in [0, 0.05) is 31.7 Å². The van der Waals surface area contributed by atoms with Gasteiger partial charge in [-0.2, -0.15) is 0 Å². The van der Waals surface area contributed by atoms with Gasteiger partial charge in [-0.1, -0.05) is 56.3 Å². The number of aliphatic imine (C=N–C) groups is 1. The molecule has 1 amide bonds. The number of ketones is 2. The largest absolute Gasteiger partial charge is 0.438 e. The van der Waals surface area contributed by atoms with Gasteiger partial charge < -0.3 is 26.8 Å². The van der Waals surface area contributed by atoms with Gasteiger partial charge in [-0.15, -0.1) is 11.3 Å². The summed E-state index contributed by atoms with van der Waals surface area (Å²) in [4.78, 5) is 49.4. The standard InChI is InChI=1S/C32H42N6O4S/c1-21(2)19-25(38-31(41)42-32(14-17-35-18-15-32)23-10-4-3-5-11-23)26(39)20-22(9-8-16-36-30(33)34)28(40)29-37-24-12-6-7-13-27(24)43-29/h3-7,10-13,21-22,25,35H,8-9,14-20H2,1-2H3,(H,38,41)(H4,33,34,36)/t22-,25+/m1/s1. The molecular weight excluding hydrogens is 564 g/mol. The van der Waals surface area contributed by atoms with Crippen LogP contribution in [0.4, 0.5) is 4.79 Å². The van der Waals surface area contributed by atoms with E-state index in [2.05, 4.69) is 20.6 Å². The Morgan fingerprint density at radius 3 is 2.44 bits per heavy atom. The maximum Gasteiger partial charge on any atom is 0.408 e. The molecule has 2 atom stereocenters. The van der Waals surface area contributed by atoms with E-state index in [1.54, 1.807) is 0 Å². The minimum Gasteiger partial charge on any atom is -0.438 e. The van der Waals surface area contributed by atoms with Gasteiger partial charge in [0.25, 0.3) is 0 Å². The minimum atomic E-state index is -0.801. The van der Waals surface area contributed by atoms with Crippen LogP contribution >= 0.6 is 11.3 Å². The Morgan fingerprint density at radius 1 is 1.07 bits per heavy atom. The van der Waals surface area contributed by atoms with E-state index >= 15 is 0 Å². The van der Waals surface area contributed by atoms with Crippen molar-refractivity contribution in [1.82, 2.24) is 15.6 Å². The number of amides is 1. The molecule has 2 aromatic carbocycles. The van der Waals surface area contributed by atoms with Gasteiger partial charge in [0.2, 0.25) is 0 Å². The molecule has 0 aliphatic carbocycles. The second-order valence-corrected chi connectivity index (χ2v) is 12.5. The van der Waals surface area contributed by atoms with E-state index in [9.17, 15) is 14.4 Å². The molecule has 4 rings (SSSR count). The fourth-order valence-electron chi connectivity index (χ4n) is 5.52. The lowest BCUT2D eigenvalue weighted by atomic mass is 9.85. The Balaban J connectivity index is 1.51. The molecule has 43 heavy (non-hydrogen) atoms. The molecule has 10 nitrogen and oxygen atoms in total. The van der Waals surface area contributed by atoms with Gasteiger partial charge in [-0.3, -0.25) is 14.6 Å². The molecule has 1 aliphatic rings. The maximum atomic E-state index is 13.8. The van der Waals surface area contributed by atoms with E-state index in [1.807, 2.05) is 68.4 Å². The van der Waals surface area contributed by atoms with Crippen molar-refractivity contribution in [2.75, 3.05) is 19.6 Å². The summed E-state index contributed by atoms with van der Waals surface area (Å²) in [6.07, 6.45) is 1.92. The van der Waals surface area contributed by atoms with Crippen LogP contribution in [0, 0.1) is 11.8 Å². The van der Waals surface area contributed by atoms with E-state index in [4.69, 9.17) is 16.2 Å². The van der Waals surface area contributed by atoms with E-state index in [0.717, 1.165) is 15.8 Å². The van der Waals surface area contributed by atoms with Gasteiger partial charge in [-0.05, 0) is 56.0 Å². The van der Waals surface area contributed by atoms with Crippen LogP contribution in [0.1, 0.15) is 67.7 Å². The van der Waals surface area contributed by atoms with E-state index < -0.39 is 23.7 Å². The number of Topliss-reactive ketones (excluding diaryl/α,β-unsaturated/α-hetero) is 2. The lowest BCUT2D eigenvalue weighted by Crippen LogP contribution is -2.48. The van der Waals surface area contributed by atoms with Crippen LogP contribution in [0.3, 0.4) is 0 Å². The number of nitrogens with one attached hydrogen (secondary N) is 2. The van der Waals surface area contributed by atoms with Crippen molar-refractivity contribution in [2.24, 2.45) is 28.3 Å². The Hall–Kier alpha value is -3.83. The average Bonchev–Trinajstić information content (AvgIpc) is 3.43. The third kappa shape index (κ3) is 8.84. The Morgan fingerprint density at radius 2 is 1.77 bits per heavy atom. The molecule has 3 aromatic rings. The lowest BCUT2D eigenvalue weighted by molar-refractivity contribution is -0.122. The van der Waals surface area contributed by atoms with Crippen LogP contribution in [-0.2, 0) is 15.1 Å². The molecule has 2 heterocycles. The highest BCUT2D eigenvalue weighted by molar-refractivity contribution is 7.20. The summed E-state index contributed by atoms with van der Waals surface area (Å²) in [7, 11) is 0. The summed E-state index contributed by atoms with van der Waals surface area (Å²) in [6, 6.07) is 16.5. The molecular formula is C32H42N6O4S. The molecule has 0 bridgehead atoms. The second kappa shape index (κ2) is 15.1. The van der Waals surface area contributed by atoms with Crippen molar-refractivity contribution in [3.8, 4) is 0 Å². The molecule has 230 valence electrons. The first-order chi connectivity index (χ1) is 20.7. The first-order valence-electron chi connectivity index (χ1n) is 14.9. The highest BCUT2D eigenvalue weighted by Gasteiger charge is 2.39. The SMILES string of the molecule is CC(C)C[C@H](NC(=O)OC1(c2ccccc2)CCNCC1)C(=O)C[C@@H](CCCN=C(N)N)C(=O)c1nc2ccccc2s1. The van der Waals surface area contributed by atoms with Gasteiger partial charge >= 0.3 is 6.09 Å². The third-order valence-corrected chi connectivity index (χ3v) is 8.77. The molecule has 1 saturated heterocycles. The zero-order valence-corrected chi connectivity index (χ0v) is 25.7. The number of fused-ring (bicyclic) bond motifs is 1. The van der Waals surface area contributed by atoms with Crippen LogP contribution in [0.5, 0.6) is 0 Å². The van der Waals surface area contributed by atoms with Gasteiger partial charge in [-0.25, -0.2) is 9.78 Å². The fraction of sp³-hybridized carbons (Fsp3) is 0.469. The Labute approximate surface area is 256 Å². The lowest BCUT2D eigenvalue weighted by Gasteiger charge is -2.38. The van der Waals surface area contributed by atoms with Crippen LogP contribution in [-0.4, -0.2) is 54.3 Å². The molecule has 11 heteroatoms. The number of para-hydroxylation sites is 1. The number of hydrogen-bond acceptors (Lipinski definition) is 8. The van der Waals surface area contributed by atoms with Gasteiger partial charge in [0.1, 0.15) is 5.60 Å². The molecule has 1 aliphatic heterocycles. The van der Waals surface area contributed by atoms with Crippen LogP contribution < -0.4 is 22.1 Å². The van der Waals surface area contributed by atoms with Crippen molar-refractivity contribution in [3.05, 3.63) is 65.2 Å². The number of nitrogens with zero attached hydrogens (tertiary/aromatic N) is 2. The predicted octanol–water partition coefficient (Wildman–Crippen LogP) is 4.53. The monoisotopic (exact) mass is 606 g/mol. The number of alkyl carbamates (subject to hydrolysis) is 1. The zero-order chi connectivity index (χ0) is 30.8. The molecule has 0 saturated carbocycles. The van der Waals surface area contributed by atoms with Gasteiger partial charge in [0.15, 0.2) is 22.5 Å². The maximum absolute atomic E-state index is 13.8. The number of aromatic nitrogens is 1. The normalized spacial score (nSPS) is 15.9. The van der Waals surface area contributed by atoms with Gasteiger partial charge in [0.05, 0.1) is 16.3 Å². The second-order valence-electron chi connectivity index (χ2n) is 11.5. The summed E-state index contributed by atoms with van der Waals surface area (Å²) in [6.45, 7) is 5.75. The van der Waals surface area contributed by atoms with E-state index in [0.29, 0.717) is 56.7 Å². The number of guanidine groups is 1. The average molecular weight is 607 g/mol. The highest BCUT2D eigenvalue weighted by Crippen LogP contribution is 2.35. The zero-order valence-electron chi connectivity index (χ0n) is 24.9. The summed E-state index contributed by atoms with van der Waals surface area (Å²) in [5.74, 6) is -0.938. The summed E-state index contributed by atoms with van der Waals surface area (Å²) < 4.78 is 7.03. The number of carbonyl (C=O) groups is 3. The molecule has 0 unspecified atom stereocenters. The number of hydrogen-bond donors (Lipinski definition) is 4. The van der Waals surface area contributed by atoms with Crippen molar-refractivity contribution in [3.63, 3.8) is 0 Å². The smallest absolute Gasteiger partial charge is 0.408 e. The molecule has 0 radical (unpaired) electrons. The van der Waals surface area contributed by atoms with Crippen molar-refractivity contribution >= 4 is 45.2 Å². The molecule has 1 aromatic heterocycles. The number of nitrogens with two attached hydrogens (primary N) is 2. The Bertz CT molecular complexity index is 1380. The van der Waals surface area contributed by atoms with Crippen molar-refractivity contribution < 1.29 is 19.1 Å². The first-order valence-corrected chi connectivity index (χ1v) is 15.7. The van der Waals surface area contributed by atoms with Crippen LogP contribution in [0.25, 0.3) is 10.2 Å². The summed E-state index contributed by atoms with van der Waals surface area (Å²) >= 11 is 1.32. The van der Waals surface area contributed by atoms with Crippen molar-refractivity contribution in [2.45, 2.75) is 64.0 Å². The van der Waals surface area contributed by atoms with Crippen LogP contribution in [0.15, 0.2) is 59.6 Å². The number of benzene rings is 2. The molecule has 6 N–H and O–H groups in total. The van der Waals surface area contributed by atoms with E-state index in [1.165, 1.54) is 11.3 Å². The first kappa shape index (κ1) is 32.1. The quantitative estimate of drug-likeness (QED) is 0.0901. The summed E-state index contributed by atoms with van der Waals surface area (Å²) in [5, 5.41) is 6.56. The van der Waals surface area contributed by atoms with Crippen molar-refractivity contribution in [1.29, 1.82) is 0 Å². The molecule has 1 fully saturated rings.